The van der Waals surface area contributed by atoms with Gasteiger partial charge in [-0.2, -0.15) is 5.26 Å². The molecule has 0 aromatic heterocycles. The maximum Gasteiger partial charge on any atom is 0.237 e. The quantitative estimate of drug-likeness (QED) is 0.708. The van der Waals surface area contributed by atoms with E-state index in [1.54, 1.807) is 21.0 Å². The molecule has 5 nitrogen and oxygen atoms in total. The third kappa shape index (κ3) is 3.47. The van der Waals surface area contributed by atoms with Gasteiger partial charge in [0.15, 0.2) is 0 Å². The third-order valence-electron chi connectivity index (χ3n) is 2.75. The van der Waals surface area contributed by atoms with E-state index in [1.165, 1.54) is 0 Å². The number of hydrogen-bond acceptors (Lipinski definition) is 4. The van der Waals surface area contributed by atoms with Crippen LogP contribution in [0.25, 0.3) is 0 Å². The second kappa shape index (κ2) is 5.28. The van der Waals surface area contributed by atoms with Gasteiger partial charge >= 0.3 is 0 Å². The van der Waals surface area contributed by atoms with E-state index >= 15 is 0 Å². The van der Waals surface area contributed by atoms with Crippen molar-refractivity contribution in [2.24, 2.45) is 5.41 Å². The number of rotatable bonds is 4. The molecule has 0 spiro atoms. The van der Waals surface area contributed by atoms with Gasteiger partial charge in [-0.25, -0.2) is 0 Å². The van der Waals surface area contributed by atoms with Crippen LogP contribution in [0.1, 0.15) is 20.3 Å². The molecule has 2 N–H and O–H groups in total. The van der Waals surface area contributed by atoms with Crippen molar-refractivity contribution < 1.29 is 9.53 Å². The van der Waals surface area contributed by atoms with Crippen LogP contribution in [0.5, 0.6) is 0 Å². The Morgan fingerprint density at radius 3 is 2.88 bits per heavy atom. The summed E-state index contributed by atoms with van der Waals surface area (Å²) in [7, 11) is 1.64. The molecule has 0 aromatic carbocycles. The number of methoxy groups -OCH3 is 1. The van der Waals surface area contributed by atoms with Crippen LogP contribution >= 0.6 is 0 Å². The van der Waals surface area contributed by atoms with Gasteiger partial charge in [-0.1, -0.05) is 0 Å². The summed E-state index contributed by atoms with van der Waals surface area (Å²) in [4.78, 5) is 11.7. The van der Waals surface area contributed by atoms with Gasteiger partial charge in [0.25, 0.3) is 0 Å². The van der Waals surface area contributed by atoms with Gasteiger partial charge in [0.05, 0.1) is 23.6 Å². The SMILES string of the molecule is COC1CNC(C(=O)NCC(C)(C)C#N)C1. The van der Waals surface area contributed by atoms with E-state index in [9.17, 15) is 4.79 Å². The Kier molecular flexibility index (Phi) is 4.27. The largest absolute Gasteiger partial charge is 0.380 e. The molecule has 1 rings (SSSR count). The Bertz CT molecular complexity index is 296. The lowest BCUT2D eigenvalue weighted by atomic mass is 9.96. The third-order valence-corrected chi connectivity index (χ3v) is 2.75. The maximum atomic E-state index is 11.7. The zero-order valence-electron chi connectivity index (χ0n) is 10.0. The van der Waals surface area contributed by atoms with E-state index in [4.69, 9.17) is 10.00 Å². The van der Waals surface area contributed by atoms with Crippen molar-refractivity contribution in [2.45, 2.75) is 32.4 Å². The molecule has 0 aromatic rings. The number of nitrogens with zero attached hydrogens (tertiary/aromatic N) is 1. The molecule has 1 amide bonds. The Morgan fingerprint density at radius 2 is 2.38 bits per heavy atom. The van der Waals surface area contributed by atoms with Crippen LogP contribution in [-0.2, 0) is 9.53 Å². The summed E-state index contributed by atoms with van der Waals surface area (Å²) in [5.41, 5.74) is -0.519. The smallest absolute Gasteiger partial charge is 0.237 e. The molecule has 90 valence electrons. The molecular weight excluding hydrogens is 206 g/mol. The Morgan fingerprint density at radius 1 is 1.69 bits per heavy atom. The minimum atomic E-state index is -0.519. The Labute approximate surface area is 96.2 Å². The lowest BCUT2D eigenvalue weighted by Gasteiger charge is -2.18. The predicted octanol–water partition coefficient (Wildman–Crippen LogP) is 0.0293. The fourth-order valence-electron chi connectivity index (χ4n) is 1.55. The minimum absolute atomic E-state index is 0.0529. The maximum absolute atomic E-state index is 11.7. The summed E-state index contributed by atoms with van der Waals surface area (Å²) in [5, 5.41) is 14.7. The zero-order chi connectivity index (χ0) is 12.2. The van der Waals surface area contributed by atoms with Crippen molar-refractivity contribution in [3.8, 4) is 6.07 Å². The van der Waals surface area contributed by atoms with Gasteiger partial charge in [-0.15, -0.1) is 0 Å². The highest BCUT2D eigenvalue weighted by Crippen LogP contribution is 2.12. The van der Waals surface area contributed by atoms with Gasteiger partial charge in [0.1, 0.15) is 0 Å². The Balaban J connectivity index is 2.35. The average Bonchev–Trinajstić information content (AvgIpc) is 2.74. The molecule has 1 saturated heterocycles. The molecule has 2 atom stereocenters. The first kappa shape index (κ1) is 12.9. The van der Waals surface area contributed by atoms with Crippen LogP contribution in [0.15, 0.2) is 0 Å². The van der Waals surface area contributed by atoms with Gasteiger partial charge in [0, 0.05) is 20.2 Å². The van der Waals surface area contributed by atoms with Crippen molar-refractivity contribution in [3.63, 3.8) is 0 Å². The fraction of sp³-hybridized carbons (Fsp3) is 0.818. The summed E-state index contributed by atoms with van der Waals surface area (Å²) in [5.74, 6) is -0.0529. The van der Waals surface area contributed by atoms with E-state index in [0.29, 0.717) is 19.5 Å². The van der Waals surface area contributed by atoms with Crippen LogP contribution in [-0.4, -0.2) is 38.3 Å². The highest BCUT2D eigenvalue weighted by Gasteiger charge is 2.30. The molecule has 5 heteroatoms. The van der Waals surface area contributed by atoms with Crippen molar-refractivity contribution >= 4 is 5.91 Å². The number of carbonyl (C=O) groups excluding carboxylic acids is 1. The van der Waals surface area contributed by atoms with Crippen molar-refractivity contribution in [3.05, 3.63) is 0 Å². The molecule has 0 radical (unpaired) electrons. The van der Waals surface area contributed by atoms with Crippen LogP contribution in [0.3, 0.4) is 0 Å². The van der Waals surface area contributed by atoms with Gasteiger partial charge in [0.2, 0.25) is 5.91 Å². The van der Waals surface area contributed by atoms with E-state index in [1.807, 2.05) is 0 Å². The van der Waals surface area contributed by atoms with Crippen LogP contribution < -0.4 is 10.6 Å². The van der Waals surface area contributed by atoms with E-state index < -0.39 is 5.41 Å². The van der Waals surface area contributed by atoms with Crippen LogP contribution in [0.4, 0.5) is 0 Å². The lowest BCUT2D eigenvalue weighted by Crippen LogP contribution is -2.43. The second-order valence-corrected chi connectivity index (χ2v) is 4.77. The average molecular weight is 225 g/mol. The van der Waals surface area contributed by atoms with E-state index in [0.717, 1.165) is 0 Å². The predicted molar refractivity (Wildman–Crippen MR) is 59.6 cm³/mol. The van der Waals surface area contributed by atoms with E-state index in [2.05, 4.69) is 16.7 Å². The number of amides is 1. The molecule has 1 fully saturated rings. The second-order valence-electron chi connectivity index (χ2n) is 4.77. The van der Waals surface area contributed by atoms with Crippen molar-refractivity contribution in [1.29, 1.82) is 5.26 Å². The zero-order valence-corrected chi connectivity index (χ0v) is 10.0. The number of ether oxygens (including phenoxy) is 1. The van der Waals surface area contributed by atoms with Gasteiger partial charge in [-0.05, 0) is 20.3 Å². The molecule has 0 bridgehead atoms. The number of nitrogens with one attached hydrogen (secondary N) is 2. The molecule has 0 aliphatic carbocycles. The van der Waals surface area contributed by atoms with Gasteiger partial charge < -0.3 is 15.4 Å². The topological polar surface area (TPSA) is 74.2 Å². The summed E-state index contributed by atoms with van der Waals surface area (Å²) in [6.07, 6.45) is 0.801. The molecule has 0 saturated carbocycles. The molecule has 2 unspecified atom stereocenters. The molecule has 16 heavy (non-hydrogen) atoms. The summed E-state index contributed by atoms with van der Waals surface area (Å²) >= 11 is 0. The minimum Gasteiger partial charge on any atom is -0.380 e. The number of carbonyl (C=O) groups is 1. The van der Waals surface area contributed by atoms with E-state index in [-0.39, 0.29) is 18.1 Å². The first-order valence-electron chi connectivity index (χ1n) is 5.43. The lowest BCUT2D eigenvalue weighted by molar-refractivity contribution is -0.123. The molecule has 1 aliphatic heterocycles. The molecule has 1 aliphatic rings. The molecular formula is C11H19N3O2. The van der Waals surface area contributed by atoms with Crippen molar-refractivity contribution in [1.82, 2.24) is 10.6 Å². The summed E-state index contributed by atoms with van der Waals surface area (Å²) in [6.45, 7) is 4.68. The molecule has 1 heterocycles. The fourth-order valence-corrected chi connectivity index (χ4v) is 1.55. The monoisotopic (exact) mass is 225 g/mol. The highest BCUT2D eigenvalue weighted by atomic mass is 16.5. The normalized spacial score (nSPS) is 25.1. The summed E-state index contributed by atoms with van der Waals surface area (Å²) < 4.78 is 5.16. The van der Waals surface area contributed by atoms with Crippen molar-refractivity contribution in [2.75, 3.05) is 20.2 Å². The van der Waals surface area contributed by atoms with Gasteiger partial charge in [-0.3, -0.25) is 4.79 Å². The first-order chi connectivity index (χ1) is 7.48. The highest BCUT2D eigenvalue weighted by molar-refractivity contribution is 5.82. The first-order valence-corrected chi connectivity index (χ1v) is 5.43. The Hall–Kier alpha value is -1.12. The van der Waals surface area contributed by atoms with Crippen LogP contribution in [0.2, 0.25) is 0 Å². The van der Waals surface area contributed by atoms with Crippen LogP contribution in [0, 0.1) is 16.7 Å². The number of nitriles is 1. The standard InChI is InChI=1S/C11H19N3O2/c1-11(2,6-12)7-14-10(15)9-4-8(16-3)5-13-9/h8-9,13H,4-5,7H2,1-3H3,(H,14,15). The summed E-state index contributed by atoms with van der Waals surface area (Å²) in [6, 6.07) is 1.95. The number of hydrogen-bond donors (Lipinski definition) is 2.